The van der Waals surface area contributed by atoms with Crippen molar-refractivity contribution in [1.82, 2.24) is 10.2 Å². The SMILES string of the molecule is CC(C)(C)N(CCc1ccccc1)C(=N)NC(=N)N. The van der Waals surface area contributed by atoms with Crippen LogP contribution in [0.15, 0.2) is 30.3 Å². The molecular formula is C14H23N5. The number of rotatable bonds is 3. The number of hydrogen-bond acceptors (Lipinski definition) is 2. The van der Waals surface area contributed by atoms with Crippen LogP contribution in [0.25, 0.3) is 0 Å². The molecule has 0 bridgehead atoms. The van der Waals surface area contributed by atoms with Crippen molar-refractivity contribution >= 4 is 11.9 Å². The summed E-state index contributed by atoms with van der Waals surface area (Å²) in [6.07, 6.45) is 0.847. The van der Waals surface area contributed by atoms with E-state index in [4.69, 9.17) is 16.6 Å². The van der Waals surface area contributed by atoms with Gasteiger partial charge in [-0.25, -0.2) is 0 Å². The minimum atomic E-state index is -0.209. The summed E-state index contributed by atoms with van der Waals surface area (Å²) in [4.78, 5) is 1.90. The first-order valence-corrected chi connectivity index (χ1v) is 6.32. The van der Waals surface area contributed by atoms with Crippen LogP contribution in [0.3, 0.4) is 0 Å². The van der Waals surface area contributed by atoms with Crippen LogP contribution in [0.1, 0.15) is 26.3 Å². The minimum Gasteiger partial charge on any atom is -0.370 e. The lowest BCUT2D eigenvalue weighted by Crippen LogP contribution is -2.54. The molecule has 0 atom stereocenters. The van der Waals surface area contributed by atoms with E-state index in [-0.39, 0.29) is 17.5 Å². The molecule has 0 amide bonds. The highest BCUT2D eigenvalue weighted by atomic mass is 15.3. The molecule has 0 saturated carbocycles. The first kappa shape index (κ1) is 15.0. The first-order chi connectivity index (χ1) is 8.80. The summed E-state index contributed by atoms with van der Waals surface area (Å²) in [6.45, 7) is 6.81. The Bertz CT molecular complexity index is 433. The first-order valence-electron chi connectivity index (χ1n) is 6.32. The molecule has 0 aromatic heterocycles. The Morgan fingerprint density at radius 1 is 1.21 bits per heavy atom. The lowest BCUT2D eigenvalue weighted by molar-refractivity contribution is 0.233. The van der Waals surface area contributed by atoms with Gasteiger partial charge in [0.05, 0.1) is 0 Å². The third-order valence-electron chi connectivity index (χ3n) is 2.80. The van der Waals surface area contributed by atoms with Crippen LogP contribution in [-0.4, -0.2) is 28.9 Å². The fraction of sp³-hybridized carbons (Fsp3) is 0.429. The summed E-state index contributed by atoms with van der Waals surface area (Å²) < 4.78 is 0. The molecule has 0 aliphatic rings. The van der Waals surface area contributed by atoms with Crippen molar-refractivity contribution in [1.29, 1.82) is 10.8 Å². The van der Waals surface area contributed by atoms with Gasteiger partial charge >= 0.3 is 0 Å². The number of hydrogen-bond donors (Lipinski definition) is 4. The van der Waals surface area contributed by atoms with E-state index in [9.17, 15) is 0 Å². The van der Waals surface area contributed by atoms with Gasteiger partial charge in [-0.3, -0.25) is 16.1 Å². The standard InChI is InChI=1S/C14H23N5/c1-14(2,3)19(13(17)18-12(15)16)10-9-11-7-5-4-6-8-11/h4-8H,9-10H2,1-3H3,(H5,15,16,17,18). The molecule has 0 fully saturated rings. The van der Waals surface area contributed by atoms with Gasteiger partial charge in [0, 0.05) is 12.1 Å². The van der Waals surface area contributed by atoms with Crippen LogP contribution in [0.2, 0.25) is 0 Å². The summed E-state index contributed by atoms with van der Waals surface area (Å²) in [5.41, 5.74) is 6.32. The summed E-state index contributed by atoms with van der Waals surface area (Å²) >= 11 is 0. The number of benzene rings is 1. The summed E-state index contributed by atoms with van der Waals surface area (Å²) in [5.74, 6) is -0.0464. The van der Waals surface area contributed by atoms with E-state index < -0.39 is 0 Å². The molecule has 1 rings (SSSR count). The Balaban J connectivity index is 2.71. The zero-order chi connectivity index (χ0) is 14.5. The number of nitrogens with two attached hydrogens (primary N) is 1. The van der Waals surface area contributed by atoms with Crippen LogP contribution in [0.5, 0.6) is 0 Å². The largest absolute Gasteiger partial charge is 0.370 e. The molecule has 0 unspecified atom stereocenters. The maximum Gasteiger partial charge on any atom is 0.198 e. The predicted molar refractivity (Wildman–Crippen MR) is 79.4 cm³/mol. The van der Waals surface area contributed by atoms with Gasteiger partial charge in [0.1, 0.15) is 0 Å². The van der Waals surface area contributed by atoms with Gasteiger partial charge in [-0.1, -0.05) is 30.3 Å². The number of nitrogens with one attached hydrogen (secondary N) is 3. The molecule has 0 radical (unpaired) electrons. The Hall–Kier alpha value is -2.04. The molecule has 0 spiro atoms. The van der Waals surface area contributed by atoms with Gasteiger partial charge in [0.2, 0.25) is 0 Å². The number of guanidine groups is 2. The summed E-state index contributed by atoms with van der Waals surface area (Å²) in [5, 5.41) is 17.8. The van der Waals surface area contributed by atoms with E-state index in [2.05, 4.69) is 17.4 Å². The van der Waals surface area contributed by atoms with Crippen LogP contribution in [0, 0.1) is 10.8 Å². The third-order valence-corrected chi connectivity index (χ3v) is 2.80. The molecule has 0 aliphatic carbocycles. The normalized spacial score (nSPS) is 10.9. The summed E-state index contributed by atoms with van der Waals surface area (Å²) in [7, 11) is 0. The highest BCUT2D eigenvalue weighted by Crippen LogP contribution is 2.14. The molecule has 0 heterocycles. The van der Waals surface area contributed by atoms with E-state index in [1.54, 1.807) is 0 Å². The molecular weight excluding hydrogens is 238 g/mol. The zero-order valence-corrected chi connectivity index (χ0v) is 11.8. The van der Waals surface area contributed by atoms with Crippen LogP contribution in [-0.2, 0) is 6.42 Å². The smallest absolute Gasteiger partial charge is 0.198 e. The molecule has 0 saturated heterocycles. The van der Waals surface area contributed by atoms with Crippen molar-refractivity contribution in [2.24, 2.45) is 5.73 Å². The quantitative estimate of drug-likeness (QED) is 0.493. The topological polar surface area (TPSA) is 89.0 Å². The number of nitrogens with zero attached hydrogens (tertiary/aromatic N) is 1. The lowest BCUT2D eigenvalue weighted by Gasteiger charge is -2.37. The molecule has 1 aromatic carbocycles. The molecule has 104 valence electrons. The Labute approximate surface area is 114 Å². The second-order valence-electron chi connectivity index (χ2n) is 5.45. The van der Waals surface area contributed by atoms with Crippen molar-refractivity contribution in [3.8, 4) is 0 Å². The summed E-state index contributed by atoms with van der Waals surface area (Å²) in [6, 6.07) is 10.2. The molecule has 5 nitrogen and oxygen atoms in total. The maximum absolute atomic E-state index is 7.99. The van der Waals surface area contributed by atoms with Gasteiger partial charge in [0.15, 0.2) is 11.9 Å². The maximum atomic E-state index is 7.99. The zero-order valence-electron chi connectivity index (χ0n) is 11.8. The molecule has 19 heavy (non-hydrogen) atoms. The fourth-order valence-electron chi connectivity index (χ4n) is 1.86. The average Bonchev–Trinajstić information content (AvgIpc) is 2.27. The van der Waals surface area contributed by atoms with E-state index in [1.165, 1.54) is 5.56 Å². The van der Waals surface area contributed by atoms with E-state index in [0.29, 0.717) is 6.54 Å². The third kappa shape index (κ3) is 4.99. The molecule has 5 N–H and O–H groups in total. The second-order valence-corrected chi connectivity index (χ2v) is 5.45. The van der Waals surface area contributed by atoms with Crippen molar-refractivity contribution in [2.75, 3.05) is 6.54 Å². The van der Waals surface area contributed by atoms with Gasteiger partial charge in [-0.15, -0.1) is 0 Å². The van der Waals surface area contributed by atoms with E-state index in [0.717, 1.165) is 6.42 Å². The highest BCUT2D eigenvalue weighted by molar-refractivity contribution is 5.95. The monoisotopic (exact) mass is 261 g/mol. The molecule has 1 aromatic rings. The van der Waals surface area contributed by atoms with Gasteiger partial charge < -0.3 is 10.6 Å². The van der Waals surface area contributed by atoms with Crippen LogP contribution >= 0.6 is 0 Å². The fourth-order valence-corrected chi connectivity index (χ4v) is 1.86. The van der Waals surface area contributed by atoms with Gasteiger partial charge in [-0.05, 0) is 32.8 Å². The van der Waals surface area contributed by atoms with Crippen LogP contribution in [0.4, 0.5) is 0 Å². The van der Waals surface area contributed by atoms with E-state index in [1.807, 2.05) is 43.9 Å². The minimum absolute atomic E-state index is 0.163. The van der Waals surface area contributed by atoms with Gasteiger partial charge in [-0.2, -0.15) is 0 Å². The Morgan fingerprint density at radius 2 is 1.79 bits per heavy atom. The molecule has 0 aliphatic heterocycles. The van der Waals surface area contributed by atoms with Gasteiger partial charge in [0.25, 0.3) is 0 Å². The van der Waals surface area contributed by atoms with Crippen molar-refractivity contribution in [3.05, 3.63) is 35.9 Å². The average molecular weight is 261 g/mol. The van der Waals surface area contributed by atoms with Crippen molar-refractivity contribution in [2.45, 2.75) is 32.7 Å². The van der Waals surface area contributed by atoms with Crippen LogP contribution < -0.4 is 11.1 Å². The van der Waals surface area contributed by atoms with E-state index >= 15 is 0 Å². The lowest BCUT2D eigenvalue weighted by atomic mass is 10.0. The van der Waals surface area contributed by atoms with Crippen molar-refractivity contribution in [3.63, 3.8) is 0 Å². The second kappa shape index (κ2) is 6.22. The Morgan fingerprint density at radius 3 is 2.26 bits per heavy atom. The van der Waals surface area contributed by atoms with Crippen molar-refractivity contribution < 1.29 is 0 Å². The Kier molecular flexibility index (Phi) is 4.92. The molecule has 5 heteroatoms. The highest BCUT2D eigenvalue weighted by Gasteiger charge is 2.23. The predicted octanol–water partition coefficient (Wildman–Crippen LogP) is 1.75.